The summed E-state index contributed by atoms with van der Waals surface area (Å²) in [7, 11) is -4.10. The van der Waals surface area contributed by atoms with Gasteiger partial charge in [-0.2, -0.15) is 4.98 Å². The van der Waals surface area contributed by atoms with Crippen molar-refractivity contribution < 1.29 is 17.9 Å². The molecule has 4 N–H and O–H groups in total. The topological polar surface area (TPSA) is 140 Å². The van der Waals surface area contributed by atoms with Crippen molar-refractivity contribution in [3.63, 3.8) is 0 Å². The third kappa shape index (κ3) is 6.43. The maximum Gasteiger partial charge on any atom is 0.264 e. The van der Waals surface area contributed by atoms with Crippen LogP contribution in [0.15, 0.2) is 53.4 Å². The molecule has 0 spiro atoms. The van der Waals surface area contributed by atoms with Crippen LogP contribution in [0.2, 0.25) is 0 Å². The van der Waals surface area contributed by atoms with Crippen LogP contribution in [0.1, 0.15) is 54.6 Å². The number of benzene rings is 2. The second-order valence-corrected chi connectivity index (χ2v) is 13.5. The predicted octanol–water partition coefficient (Wildman–Crippen LogP) is 4.09. The number of anilines is 1. The molecule has 1 amide bonds. The third-order valence-electron chi connectivity index (χ3n) is 8.03. The van der Waals surface area contributed by atoms with Gasteiger partial charge in [-0.15, -0.1) is 0 Å². The zero-order chi connectivity index (χ0) is 30.0. The molecule has 1 atom stereocenters. The molecule has 0 saturated heterocycles. The summed E-state index contributed by atoms with van der Waals surface area (Å²) in [6.07, 6.45) is 2.38. The fourth-order valence-corrected chi connectivity index (χ4v) is 7.00. The monoisotopic (exact) mass is 592 g/mol. The van der Waals surface area contributed by atoms with Gasteiger partial charge in [0.1, 0.15) is 6.61 Å². The maximum absolute atomic E-state index is 14.2. The largest absolute Gasteiger partial charge is 0.475 e. The number of nitrogens with one attached hydrogen (secondary N) is 2. The van der Waals surface area contributed by atoms with E-state index in [1.54, 1.807) is 18.2 Å². The van der Waals surface area contributed by atoms with Crippen LogP contribution in [0.5, 0.6) is 5.88 Å². The van der Waals surface area contributed by atoms with E-state index in [4.69, 9.17) is 10.5 Å². The van der Waals surface area contributed by atoms with Crippen LogP contribution >= 0.6 is 0 Å². The van der Waals surface area contributed by atoms with E-state index in [2.05, 4.69) is 33.9 Å². The highest BCUT2D eigenvalue weighted by atomic mass is 32.2. The van der Waals surface area contributed by atoms with E-state index < -0.39 is 10.0 Å². The molecule has 11 heteroatoms. The van der Waals surface area contributed by atoms with Gasteiger partial charge in [-0.25, -0.2) is 18.1 Å². The summed E-state index contributed by atoms with van der Waals surface area (Å²) in [6, 6.07) is 13.6. The number of aryl methyl sites for hydroxylation is 2. The van der Waals surface area contributed by atoms with Crippen molar-refractivity contribution in [1.82, 2.24) is 20.2 Å². The van der Waals surface area contributed by atoms with Gasteiger partial charge in [0, 0.05) is 29.9 Å². The molecular formula is C31H40N6O4S. The fourth-order valence-electron chi connectivity index (χ4n) is 6.01. The van der Waals surface area contributed by atoms with Gasteiger partial charge >= 0.3 is 0 Å². The van der Waals surface area contributed by atoms with E-state index in [1.165, 1.54) is 12.1 Å². The summed E-state index contributed by atoms with van der Waals surface area (Å²) >= 11 is 0. The Morgan fingerprint density at radius 1 is 1.10 bits per heavy atom. The molecule has 3 aromatic rings. The molecule has 2 heterocycles. The summed E-state index contributed by atoms with van der Waals surface area (Å²) in [4.78, 5) is 25.1. The van der Waals surface area contributed by atoms with Crippen molar-refractivity contribution in [1.29, 1.82) is 0 Å². The SMILES string of the molecule is Cc1cccc(C)c1-c1cc2nc(n1)NS(=O)(=O)c1cccc(c1)C(=O)N(C1CC(CNCN)C1)[C@H](CC(C)C)CO2. The van der Waals surface area contributed by atoms with Crippen LogP contribution in [0.3, 0.4) is 0 Å². The number of rotatable bonds is 7. The summed E-state index contributed by atoms with van der Waals surface area (Å²) in [6.45, 7) is 9.63. The molecule has 0 unspecified atom stereocenters. The first-order chi connectivity index (χ1) is 20.1. The van der Waals surface area contributed by atoms with E-state index in [9.17, 15) is 13.2 Å². The predicted molar refractivity (Wildman–Crippen MR) is 163 cm³/mol. The number of ether oxygens (including phenoxy) is 1. The molecule has 1 aliphatic carbocycles. The molecule has 0 radical (unpaired) electrons. The second-order valence-electron chi connectivity index (χ2n) is 11.8. The van der Waals surface area contributed by atoms with Gasteiger partial charge in [-0.3, -0.25) is 4.79 Å². The molecule has 2 aliphatic rings. The number of carbonyl (C=O) groups excluding carboxylic acids is 1. The van der Waals surface area contributed by atoms with E-state index in [0.717, 1.165) is 36.1 Å². The number of aromatic nitrogens is 2. The molecule has 10 nitrogen and oxygen atoms in total. The van der Waals surface area contributed by atoms with Crippen LogP contribution in [-0.4, -0.2) is 61.1 Å². The number of amides is 1. The zero-order valence-electron chi connectivity index (χ0n) is 24.6. The van der Waals surface area contributed by atoms with E-state index in [-0.39, 0.29) is 41.3 Å². The summed E-state index contributed by atoms with van der Waals surface area (Å²) in [5.74, 6) is 0.652. The van der Waals surface area contributed by atoms with Crippen molar-refractivity contribution in [2.45, 2.75) is 63.9 Å². The number of nitrogens with zero attached hydrogens (tertiary/aromatic N) is 3. The maximum atomic E-state index is 14.2. The first kappa shape index (κ1) is 29.9. The minimum Gasteiger partial charge on any atom is -0.475 e. The standard InChI is InChI=1S/C31H40N6O4S/c1-19(2)11-25-17-41-28-15-27(29-20(3)7-5-8-21(29)4)34-31(35-28)36-42(39,40)26-10-6-9-23(14-26)30(38)37(25)24-12-22(13-24)16-33-18-32/h5-10,14-15,19,22,24-25,33H,11-13,16-18,32H2,1-4H3,(H,34,35,36)/t22?,24?,25-/m1/s1. The molecule has 42 heavy (non-hydrogen) atoms. The average molecular weight is 593 g/mol. The number of nitrogens with two attached hydrogens (primary N) is 1. The van der Waals surface area contributed by atoms with Crippen molar-refractivity contribution in [2.75, 3.05) is 24.5 Å². The van der Waals surface area contributed by atoms with Gasteiger partial charge < -0.3 is 20.7 Å². The molecule has 1 fully saturated rings. The summed E-state index contributed by atoms with van der Waals surface area (Å²) < 4.78 is 35.9. The number of sulfonamides is 1. The Hall–Kier alpha value is -3.54. The third-order valence-corrected chi connectivity index (χ3v) is 9.36. The minimum atomic E-state index is -4.10. The van der Waals surface area contributed by atoms with Crippen LogP contribution in [0.4, 0.5) is 5.95 Å². The van der Waals surface area contributed by atoms with Crippen LogP contribution in [-0.2, 0) is 10.0 Å². The number of hydrogen-bond donors (Lipinski definition) is 3. The normalized spacial score (nSPS) is 21.8. The Labute approximate surface area is 248 Å². The number of hydrogen-bond acceptors (Lipinski definition) is 8. The summed E-state index contributed by atoms with van der Waals surface area (Å²) in [5, 5.41) is 3.20. The van der Waals surface area contributed by atoms with E-state index in [0.29, 0.717) is 36.2 Å². The van der Waals surface area contributed by atoms with Crippen molar-refractivity contribution >= 4 is 21.9 Å². The van der Waals surface area contributed by atoms with Crippen molar-refractivity contribution in [2.24, 2.45) is 17.6 Å². The quantitative estimate of drug-likeness (QED) is 0.349. The van der Waals surface area contributed by atoms with Crippen molar-refractivity contribution in [3.8, 4) is 17.1 Å². The lowest BCUT2D eigenvalue weighted by atomic mass is 9.78. The van der Waals surface area contributed by atoms with Crippen LogP contribution in [0.25, 0.3) is 11.3 Å². The first-order valence-electron chi connectivity index (χ1n) is 14.5. The highest BCUT2D eigenvalue weighted by Gasteiger charge is 2.40. The lowest BCUT2D eigenvalue weighted by Crippen LogP contribution is -2.56. The lowest BCUT2D eigenvalue weighted by Gasteiger charge is -2.47. The lowest BCUT2D eigenvalue weighted by molar-refractivity contribution is 0.0147. The molecule has 4 bridgehead atoms. The van der Waals surface area contributed by atoms with Crippen LogP contribution < -0.4 is 20.5 Å². The van der Waals surface area contributed by atoms with Gasteiger partial charge in [0.2, 0.25) is 11.8 Å². The molecule has 1 aliphatic heterocycles. The minimum absolute atomic E-state index is 0.00378. The number of fused-ring (bicyclic) bond motifs is 4. The molecule has 224 valence electrons. The highest BCUT2D eigenvalue weighted by Crippen LogP contribution is 2.36. The molecule has 1 saturated carbocycles. The van der Waals surface area contributed by atoms with Gasteiger partial charge in [0.15, 0.2) is 0 Å². The summed E-state index contributed by atoms with van der Waals surface area (Å²) in [5.41, 5.74) is 9.39. The Kier molecular flexibility index (Phi) is 8.81. The Morgan fingerprint density at radius 2 is 1.81 bits per heavy atom. The zero-order valence-corrected chi connectivity index (χ0v) is 25.4. The highest BCUT2D eigenvalue weighted by molar-refractivity contribution is 7.92. The Morgan fingerprint density at radius 3 is 2.50 bits per heavy atom. The van der Waals surface area contributed by atoms with Crippen LogP contribution in [0, 0.1) is 25.7 Å². The van der Waals surface area contributed by atoms with Gasteiger partial charge in [-0.05, 0) is 80.8 Å². The first-order valence-corrected chi connectivity index (χ1v) is 16.0. The van der Waals surface area contributed by atoms with E-state index in [1.807, 2.05) is 36.9 Å². The number of carbonyl (C=O) groups is 1. The van der Waals surface area contributed by atoms with Gasteiger partial charge in [0.05, 0.1) is 16.6 Å². The van der Waals surface area contributed by atoms with Crippen molar-refractivity contribution in [3.05, 3.63) is 65.2 Å². The van der Waals surface area contributed by atoms with E-state index >= 15 is 0 Å². The Bertz CT molecular complexity index is 1530. The molecular weight excluding hydrogens is 552 g/mol. The average Bonchev–Trinajstić information content (AvgIpc) is 2.91. The van der Waals surface area contributed by atoms with Gasteiger partial charge in [0.25, 0.3) is 15.9 Å². The smallest absolute Gasteiger partial charge is 0.264 e. The molecule has 2 aromatic carbocycles. The van der Waals surface area contributed by atoms with Gasteiger partial charge in [-0.1, -0.05) is 38.1 Å². The molecule has 5 rings (SSSR count). The fraction of sp³-hybridized carbons (Fsp3) is 0.452. The second kappa shape index (κ2) is 12.4. The Balaban J connectivity index is 1.61. The molecule has 1 aromatic heterocycles.